The van der Waals surface area contributed by atoms with Gasteiger partial charge in [-0.2, -0.15) is 4.98 Å². The van der Waals surface area contributed by atoms with Crippen LogP contribution in [0.3, 0.4) is 0 Å². The molecule has 1 unspecified atom stereocenters. The molecule has 3 aromatic rings. The predicted octanol–water partition coefficient (Wildman–Crippen LogP) is 2.90. The number of aromatic nitrogens is 3. The van der Waals surface area contributed by atoms with Crippen LogP contribution in [0.4, 0.5) is 5.13 Å². The van der Waals surface area contributed by atoms with Crippen LogP contribution in [0.5, 0.6) is 0 Å². The van der Waals surface area contributed by atoms with E-state index in [0.717, 1.165) is 16.6 Å². The molecule has 1 fully saturated rings. The quantitative estimate of drug-likeness (QED) is 0.715. The van der Waals surface area contributed by atoms with Crippen molar-refractivity contribution in [3.05, 3.63) is 34.5 Å². The molecule has 1 aliphatic rings. The number of thiazole rings is 1. The van der Waals surface area contributed by atoms with Crippen LogP contribution >= 0.6 is 22.7 Å². The Morgan fingerprint density at radius 1 is 1.42 bits per heavy atom. The van der Waals surface area contributed by atoms with Crippen molar-refractivity contribution in [3.63, 3.8) is 0 Å². The lowest BCUT2D eigenvalue weighted by Gasteiger charge is -2.32. The van der Waals surface area contributed by atoms with Gasteiger partial charge in [0.05, 0.1) is 18.1 Å². The molecule has 26 heavy (non-hydrogen) atoms. The standard InChI is InChI=1S/C16H17N5O3S2/c1-2-17-16-18-10(9-26-16)15(22)21-5-6-23-8-11(21)14-19-13(20-24-14)12-4-3-7-25-12/h3-4,7,9,11H,2,5-6,8H2,1H3,(H,17,18). The third-order valence-electron chi connectivity index (χ3n) is 3.91. The summed E-state index contributed by atoms with van der Waals surface area (Å²) in [5, 5.41) is 11.6. The van der Waals surface area contributed by atoms with Gasteiger partial charge in [0.1, 0.15) is 11.7 Å². The Bertz CT molecular complexity index is 876. The molecule has 136 valence electrons. The van der Waals surface area contributed by atoms with Crippen molar-refractivity contribution >= 4 is 33.7 Å². The zero-order valence-corrected chi connectivity index (χ0v) is 15.7. The van der Waals surface area contributed by atoms with E-state index in [9.17, 15) is 4.79 Å². The number of hydrogen-bond donors (Lipinski definition) is 1. The summed E-state index contributed by atoms with van der Waals surface area (Å²) in [7, 11) is 0. The lowest BCUT2D eigenvalue weighted by molar-refractivity contribution is -0.0121. The van der Waals surface area contributed by atoms with Crippen molar-refractivity contribution in [1.82, 2.24) is 20.0 Å². The number of nitrogens with zero attached hydrogens (tertiary/aromatic N) is 4. The minimum Gasteiger partial charge on any atom is -0.377 e. The molecule has 0 aliphatic carbocycles. The first-order valence-corrected chi connectivity index (χ1v) is 9.97. The average Bonchev–Trinajstić information content (AvgIpc) is 3.41. The first-order chi connectivity index (χ1) is 12.8. The zero-order valence-electron chi connectivity index (χ0n) is 14.0. The van der Waals surface area contributed by atoms with Crippen LogP contribution in [-0.4, -0.2) is 52.2 Å². The van der Waals surface area contributed by atoms with Gasteiger partial charge < -0.3 is 19.5 Å². The number of nitrogens with one attached hydrogen (secondary N) is 1. The van der Waals surface area contributed by atoms with Gasteiger partial charge in [0.15, 0.2) is 5.13 Å². The molecular formula is C16H17N5O3S2. The predicted molar refractivity (Wildman–Crippen MR) is 98.5 cm³/mol. The van der Waals surface area contributed by atoms with Crippen molar-refractivity contribution in [2.75, 3.05) is 31.6 Å². The number of amides is 1. The van der Waals surface area contributed by atoms with Crippen LogP contribution in [0.25, 0.3) is 10.7 Å². The molecule has 4 heterocycles. The zero-order chi connectivity index (χ0) is 17.9. The molecule has 1 N–H and O–H groups in total. The molecule has 1 aliphatic heterocycles. The highest BCUT2D eigenvalue weighted by molar-refractivity contribution is 7.14. The molecule has 0 radical (unpaired) electrons. The van der Waals surface area contributed by atoms with E-state index in [1.807, 2.05) is 24.4 Å². The molecule has 1 saturated heterocycles. The summed E-state index contributed by atoms with van der Waals surface area (Å²) < 4.78 is 11.0. The van der Waals surface area contributed by atoms with E-state index < -0.39 is 6.04 Å². The van der Waals surface area contributed by atoms with Gasteiger partial charge in [0, 0.05) is 18.5 Å². The van der Waals surface area contributed by atoms with Crippen LogP contribution in [0.15, 0.2) is 27.4 Å². The topological polar surface area (TPSA) is 93.4 Å². The van der Waals surface area contributed by atoms with Gasteiger partial charge in [-0.1, -0.05) is 11.2 Å². The molecule has 0 spiro atoms. The number of ether oxygens (including phenoxy) is 1. The molecule has 3 aromatic heterocycles. The highest BCUT2D eigenvalue weighted by atomic mass is 32.1. The van der Waals surface area contributed by atoms with Crippen molar-refractivity contribution in [1.29, 1.82) is 0 Å². The number of carbonyl (C=O) groups is 1. The van der Waals surface area contributed by atoms with Gasteiger partial charge in [-0.05, 0) is 18.4 Å². The van der Waals surface area contributed by atoms with Gasteiger partial charge in [-0.3, -0.25) is 4.79 Å². The van der Waals surface area contributed by atoms with E-state index in [0.29, 0.717) is 37.2 Å². The van der Waals surface area contributed by atoms with Crippen molar-refractivity contribution in [2.24, 2.45) is 0 Å². The van der Waals surface area contributed by atoms with Crippen LogP contribution in [-0.2, 0) is 4.74 Å². The summed E-state index contributed by atoms with van der Waals surface area (Å²) in [5.74, 6) is 0.745. The Balaban J connectivity index is 1.57. The maximum absolute atomic E-state index is 12.9. The van der Waals surface area contributed by atoms with Crippen molar-refractivity contribution in [3.8, 4) is 10.7 Å². The minimum atomic E-state index is -0.415. The van der Waals surface area contributed by atoms with Crippen LogP contribution in [0, 0.1) is 0 Å². The summed E-state index contributed by atoms with van der Waals surface area (Å²) >= 11 is 2.95. The second kappa shape index (κ2) is 7.52. The van der Waals surface area contributed by atoms with Crippen molar-refractivity contribution < 1.29 is 14.1 Å². The maximum atomic E-state index is 12.9. The number of morpholine rings is 1. The number of carbonyl (C=O) groups excluding carboxylic acids is 1. The highest BCUT2D eigenvalue weighted by Crippen LogP contribution is 2.29. The minimum absolute atomic E-state index is 0.158. The summed E-state index contributed by atoms with van der Waals surface area (Å²) in [5.41, 5.74) is 0.413. The fourth-order valence-electron chi connectivity index (χ4n) is 2.68. The van der Waals surface area contributed by atoms with E-state index in [2.05, 4.69) is 20.4 Å². The van der Waals surface area contributed by atoms with Gasteiger partial charge in [0.2, 0.25) is 5.82 Å². The van der Waals surface area contributed by atoms with E-state index in [1.54, 1.807) is 10.3 Å². The largest absolute Gasteiger partial charge is 0.377 e. The molecule has 0 bridgehead atoms. The lowest BCUT2D eigenvalue weighted by atomic mass is 10.2. The number of hydrogen-bond acceptors (Lipinski definition) is 9. The summed E-state index contributed by atoms with van der Waals surface area (Å²) in [6.07, 6.45) is 0. The normalized spacial score (nSPS) is 17.4. The van der Waals surface area contributed by atoms with Gasteiger partial charge in [-0.25, -0.2) is 4.98 Å². The third kappa shape index (κ3) is 3.35. The Kier molecular flexibility index (Phi) is 4.96. The van der Waals surface area contributed by atoms with Gasteiger partial charge in [-0.15, -0.1) is 22.7 Å². The molecule has 0 aromatic carbocycles. The maximum Gasteiger partial charge on any atom is 0.274 e. The summed E-state index contributed by atoms with van der Waals surface area (Å²) in [6, 6.07) is 3.44. The van der Waals surface area contributed by atoms with E-state index in [1.165, 1.54) is 22.7 Å². The van der Waals surface area contributed by atoms with E-state index in [4.69, 9.17) is 9.26 Å². The molecule has 0 saturated carbocycles. The number of anilines is 1. The lowest BCUT2D eigenvalue weighted by Crippen LogP contribution is -2.43. The molecule has 10 heteroatoms. The van der Waals surface area contributed by atoms with Crippen LogP contribution < -0.4 is 5.32 Å². The first kappa shape index (κ1) is 17.1. The molecule has 1 atom stereocenters. The fraction of sp³-hybridized carbons (Fsp3) is 0.375. The highest BCUT2D eigenvalue weighted by Gasteiger charge is 2.34. The average molecular weight is 391 g/mol. The van der Waals surface area contributed by atoms with E-state index in [-0.39, 0.29) is 5.91 Å². The molecule has 8 nitrogen and oxygen atoms in total. The smallest absolute Gasteiger partial charge is 0.274 e. The first-order valence-electron chi connectivity index (χ1n) is 8.22. The monoisotopic (exact) mass is 391 g/mol. The Morgan fingerprint density at radius 3 is 3.15 bits per heavy atom. The Hall–Kier alpha value is -2.30. The molecular weight excluding hydrogens is 374 g/mol. The summed E-state index contributed by atoms with van der Waals surface area (Å²) in [6.45, 7) is 3.99. The van der Waals surface area contributed by atoms with Gasteiger partial charge >= 0.3 is 0 Å². The Morgan fingerprint density at radius 2 is 2.35 bits per heavy atom. The second-order valence-electron chi connectivity index (χ2n) is 5.59. The fourth-order valence-corrected chi connectivity index (χ4v) is 4.08. The number of thiophene rings is 1. The number of rotatable bonds is 5. The molecule has 1 amide bonds. The van der Waals surface area contributed by atoms with Crippen LogP contribution in [0.1, 0.15) is 29.3 Å². The van der Waals surface area contributed by atoms with Crippen molar-refractivity contribution in [2.45, 2.75) is 13.0 Å². The Labute approximate surface area is 157 Å². The molecule has 4 rings (SSSR count). The van der Waals surface area contributed by atoms with Gasteiger partial charge in [0.25, 0.3) is 11.8 Å². The summed E-state index contributed by atoms with van der Waals surface area (Å²) in [4.78, 5) is 24.4. The third-order valence-corrected chi connectivity index (χ3v) is 5.57. The van der Waals surface area contributed by atoms with E-state index >= 15 is 0 Å². The van der Waals surface area contributed by atoms with Crippen LogP contribution in [0.2, 0.25) is 0 Å². The SMILES string of the molecule is CCNc1nc(C(=O)N2CCOCC2c2nc(-c3cccs3)no2)cs1. The second-order valence-corrected chi connectivity index (χ2v) is 7.40.